The van der Waals surface area contributed by atoms with E-state index in [-0.39, 0.29) is 17.5 Å². The van der Waals surface area contributed by atoms with Crippen molar-refractivity contribution >= 4 is 5.91 Å². The number of carbonyl (C=O) groups excluding carboxylic acids is 1. The first-order valence-electron chi connectivity index (χ1n) is 8.05. The number of benzene rings is 2. The number of amides is 1. The van der Waals surface area contributed by atoms with Gasteiger partial charge in [0, 0.05) is 25.7 Å². The van der Waals surface area contributed by atoms with Crippen LogP contribution in [0.4, 0.5) is 4.39 Å². The number of rotatable bonds is 4. The SMILES string of the molecule is O=C(c1ccccc1F)N1CCCC(NCc2ccccc2)C1. The van der Waals surface area contributed by atoms with E-state index in [1.165, 1.54) is 11.6 Å². The van der Waals surface area contributed by atoms with Gasteiger partial charge in [0.2, 0.25) is 0 Å². The van der Waals surface area contributed by atoms with Crippen molar-refractivity contribution in [1.29, 1.82) is 0 Å². The Kier molecular flexibility index (Phi) is 5.03. The molecule has 0 aliphatic carbocycles. The van der Waals surface area contributed by atoms with E-state index in [1.807, 2.05) is 18.2 Å². The molecule has 3 rings (SSSR count). The lowest BCUT2D eigenvalue weighted by Gasteiger charge is -2.33. The van der Waals surface area contributed by atoms with Crippen molar-refractivity contribution in [3.8, 4) is 0 Å². The van der Waals surface area contributed by atoms with Gasteiger partial charge in [-0.15, -0.1) is 0 Å². The van der Waals surface area contributed by atoms with E-state index in [0.717, 1.165) is 19.4 Å². The van der Waals surface area contributed by atoms with Crippen LogP contribution in [0.15, 0.2) is 54.6 Å². The lowest BCUT2D eigenvalue weighted by atomic mass is 10.0. The summed E-state index contributed by atoms with van der Waals surface area (Å²) in [5.41, 5.74) is 1.39. The Morgan fingerprint density at radius 2 is 1.87 bits per heavy atom. The molecule has 2 aromatic rings. The fourth-order valence-electron chi connectivity index (χ4n) is 2.99. The molecule has 1 aliphatic rings. The quantitative estimate of drug-likeness (QED) is 0.940. The van der Waals surface area contributed by atoms with Gasteiger partial charge in [0.15, 0.2) is 0 Å². The Bertz CT molecular complexity index is 659. The maximum Gasteiger partial charge on any atom is 0.256 e. The fraction of sp³-hybridized carbons (Fsp3) is 0.316. The van der Waals surface area contributed by atoms with E-state index in [9.17, 15) is 9.18 Å². The molecule has 0 bridgehead atoms. The van der Waals surface area contributed by atoms with Gasteiger partial charge >= 0.3 is 0 Å². The minimum Gasteiger partial charge on any atom is -0.337 e. The van der Waals surface area contributed by atoms with Crippen LogP contribution in [0.25, 0.3) is 0 Å². The molecule has 0 aromatic heterocycles. The first-order valence-corrected chi connectivity index (χ1v) is 8.05. The minimum atomic E-state index is -0.447. The van der Waals surface area contributed by atoms with Gasteiger partial charge in [0.25, 0.3) is 5.91 Å². The molecule has 1 fully saturated rings. The Morgan fingerprint density at radius 1 is 1.13 bits per heavy atom. The Morgan fingerprint density at radius 3 is 2.65 bits per heavy atom. The number of halogens is 1. The highest BCUT2D eigenvalue weighted by atomic mass is 19.1. The Labute approximate surface area is 136 Å². The van der Waals surface area contributed by atoms with Gasteiger partial charge in [-0.3, -0.25) is 4.79 Å². The normalized spacial score (nSPS) is 18.0. The summed E-state index contributed by atoms with van der Waals surface area (Å²) >= 11 is 0. The summed E-state index contributed by atoms with van der Waals surface area (Å²) in [5, 5.41) is 3.50. The highest BCUT2D eigenvalue weighted by molar-refractivity contribution is 5.94. The molecular formula is C19H21FN2O. The lowest BCUT2D eigenvalue weighted by Crippen LogP contribution is -2.47. The number of carbonyl (C=O) groups is 1. The maximum atomic E-state index is 13.8. The molecule has 1 atom stereocenters. The summed E-state index contributed by atoms with van der Waals surface area (Å²) in [7, 11) is 0. The summed E-state index contributed by atoms with van der Waals surface area (Å²) in [4.78, 5) is 14.3. The molecular weight excluding hydrogens is 291 g/mol. The predicted molar refractivity (Wildman–Crippen MR) is 88.6 cm³/mol. The van der Waals surface area contributed by atoms with Crippen molar-refractivity contribution in [1.82, 2.24) is 10.2 Å². The van der Waals surface area contributed by atoms with Crippen LogP contribution in [-0.2, 0) is 6.54 Å². The van der Waals surface area contributed by atoms with Crippen LogP contribution in [0.5, 0.6) is 0 Å². The number of piperidine rings is 1. The summed E-state index contributed by atoms with van der Waals surface area (Å²) in [6, 6.07) is 16.6. The number of hydrogen-bond donors (Lipinski definition) is 1. The molecule has 1 unspecified atom stereocenters. The zero-order chi connectivity index (χ0) is 16.1. The zero-order valence-electron chi connectivity index (χ0n) is 13.0. The highest BCUT2D eigenvalue weighted by Crippen LogP contribution is 2.16. The van der Waals surface area contributed by atoms with E-state index in [2.05, 4.69) is 17.4 Å². The number of likely N-dealkylation sites (tertiary alicyclic amines) is 1. The molecule has 4 heteroatoms. The first kappa shape index (κ1) is 15.7. The molecule has 2 aromatic carbocycles. The standard InChI is InChI=1S/C19H21FN2O/c20-18-11-5-4-10-17(18)19(23)22-12-6-9-16(14-22)21-13-15-7-2-1-3-8-15/h1-5,7-8,10-11,16,21H,6,9,12-14H2. The van der Waals surface area contributed by atoms with Gasteiger partial charge in [-0.05, 0) is 30.5 Å². The maximum absolute atomic E-state index is 13.8. The van der Waals surface area contributed by atoms with Crippen molar-refractivity contribution < 1.29 is 9.18 Å². The van der Waals surface area contributed by atoms with Crippen LogP contribution in [-0.4, -0.2) is 29.9 Å². The third-order valence-electron chi connectivity index (χ3n) is 4.25. The van der Waals surface area contributed by atoms with Gasteiger partial charge in [-0.2, -0.15) is 0 Å². The average Bonchev–Trinajstić information content (AvgIpc) is 2.61. The number of nitrogens with one attached hydrogen (secondary N) is 1. The predicted octanol–water partition coefficient (Wildman–Crippen LogP) is 3.22. The van der Waals surface area contributed by atoms with Gasteiger partial charge in [0.05, 0.1) is 5.56 Å². The second kappa shape index (κ2) is 7.38. The molecule has 1 amide bonds. The molecule has 0 saturated carbocycles. The smallest absolute Gasteiger partial charge is 0.256 e. The highest BCUT2D eigenvalue weighted by Gasteiger charge is 2.25. The summed E-state index contributed by atoms with van der Waals surface area (Å²) in [6.45, 7) is 2.10. The topological polar surface area (TPSA) is 32.3 Å². The van der Waals surface area contributed by atoms with Gasteiger partial charge in [-0.1, -0.05) is 42.5 Å². The lowest BCUT2D eigenvalue weighted by molar-refractivity contribution is 0.0689. The fourth-order valence-corrected chi connectivity index (χ4v) is 2.99. The van der Waals surface area contributed by atoms with E-state index < -0.39 is 5.82 Å². The Balaban J connectivity index is 1.60. The van der Waals surface area contributed by atoms with Gasteiger partial charge in [-0.25, -0.2) is 4.39 Å². The third kappa shape index (κ3) is 3.96. The van der Waals surface area contributed by atoms with Crippen molar-refractivity contribution in [2.24, 2.45) is 0 Å². The molecule has 1 heterocycles. The first-order chi connectivity index (χ1) is 11.2. The molecule has 0 spiro atoms. The zero-order valence-corrected chi connectivity index (χ0v) is 13.0. The van der Waals surface area contributed by atoms with E-state index >= 15 is 0 Å². The third-order valence-corrected chi connectivity index (χ3v) is 4.25. The summed E-state index contributed by atoms with van der Waals surface area (Å²) in [5.74, 6) is -0.661. The molecule has 120 valence electrons. The van der Waals surface area contributed by atoms with Crippen LogP contribution in [0.1, 0.15) is 28.8 Å². The van der Waals surface area contributed by atoms with Crippen LogP contribution in [0, 0.1) is 5.82 Å². The van der Waals surface area contributed by atoms with Crippen molar-refractivity contribution in [2.45, 2.75) is 25.4 Å². The summed E-state index contributed by atoms with van der Waals surface area (Å²) in [6.07, 6.45) is 1.97. The van der Waals surface area contributed by atoms with Crippen molar-refractivity contribution in [3.05, 3.63) is 71.5 Å². The van der Waals surface area contributed by atoms with E-state index in [1.54, 1.807) is 23.1 Å². The Hall–Kier alpha value is -2.20. The second-order valence-corrected chi connectivity index (χ2v) is 5.94. The monoisotopic (exact) mass is 312 g/mol. The van der Waals surface area contributed by atoms with Crippen LogP contribution >= 0.6 is 0 Å². The second-order valence-electron chi connectivity index (χ2n) is 5.94. The number of hydrogen-bond acceptors (Lipinski definition) is 2. The number of nitrogens with zero attached hydrogens (tertiary/aromatic N) is 1. The molecule has 3 nitrogen and oxygen atoms in total. The molecule has 1 N–H and O–H groups in total. The van der Waals surface area contributed by atoms with E-state index in [0.29, 0.717) is 13.1 Å². The largest absolute Gasteiger partial charge is 0.337 e. The van der Waals surface area contributed by atoms with Crippen LogP contribution in [0.2, 0.25) is 0 Å². The van der Waals surface area contributed by atoms with Gasteiger partial charge in [0.1, 0.15) is 5.82 Å². The van der Waals surface area contributed by atoms with E-state index in [4.69, 9.17) is 0 Å². The van der Waals surface area contributed by atoms with Crippen LogP contribution in [0.3, 0.4) is 0 Å². The van der Waals surface area contributed by atoms with Crippen molar-refractivity contribution in [3.63, 3.8) is 0 Å². The van der Waals surface area contributed by atoms with Gasteiger partial charge < -0.3 is 10.2 Å². The average molecular weight is 312 g/mol. The summed E-state index contributed by atoms with van der Waals surface area (Å²) < 4.78 is 13.8. The molecule has 23 heavy (non-hydrogen) atoms. The van der Waals surface area contributed by atoms with Crippen molar-refractivity contribution in [2.75, 3.05) is 13.1 Å². The van der Waals surface area contributed by atoms with Crippen LogP contribution < -0.4 is 5.32 Å². The molecule has 1 aliphatic heterocycles. The minimum absolute atomic E-state index is 0.163. The molecule has 0 radical (unpaired) electrons. The molecule has 1 saturated heterocycles.